The highest BCUT2D eigenvalue weighted by atomic mass is 32.1. The van der Waals surface area contributed by atoms with Gasteiger partial charge in [-0.3, -0.25) is 4.79 Å². The molecule has 2 aromatic heterocycles. The first-order valence-electron chi connectivity index (χ1n) is 7.08. The van der Waals surface area contributed by atoms with Crippen molar-refractivity contribution in [3.8, 4) is 11.5 Å². The molecule has 24 heavy (non-hydrogen) atoms. The smallest absolute Gasteiger partial charge is 0.353 e. The van der Waals surface area contributed by atoms with E-state index in [1.165, 1.54) is 29.7 Å². The summed E-state index contributed by atoms with van der Waals surface area (Å²) in [5, 5.41) is 1.80. The summed E-state index contributed by atoms with van der Waals surface area (Å²) in [4.78, 5) is 24.8. The molecular formula is C18H10O5S. The van der Waals surface area contributed by atoms with Crippen LogP contribution in [-0.4, -0.2) is 11.8 Å². The third-order valence-electron chi connectivity index (χ3n) is 3.39. The van der Waals surface area contributed by atoms with Crippen LogP contribution in [0.5, 0.6) is 11.5 Å². The van der Waals surface area contributed by atoms with E-state index in [1.807, 2.05) is 0 Å². The van der Waals surface area contributed by atoms with Crippen LogP contribution in [0.1, 0.15) is 25.8 Å². The van der Waals surface area contributed by atoms with Gasteiger partial charge in [-0.25, -0.2) is 4.79 Å². The Labute approximate surface area is 140 Å². The molecule has 0 saturated heterocycles. The third-order valence-corrected chi connectivity index (χ3v) is 4.24. The largest absolute Gasteiger partial charge is 0.465 e. The zero-order chi connectivity index (χ0) is 16.5. The Hall–Kier alpha value is -3.12. The molecule has 118 valence electrons. The van der Waals surface area contributed by atoms with Gasteiger partial charge in [-0.1, -0.05) is 6.07 Å². The van der Waals surface area contributed by atoms with Gasteiger partial charge < -0.3 is 13.9 Å². The van der Waals surface area contributed by atoms with Crippen LogP contribution in [0.4, 0.5) is 0 Å². The first kappa shape index (κ1) is 14.5. The number of allylic oxidation sites excluding steroid dienone is 1. The minimum atomic E-state index is -0.444. The van der Waals surface area contributed by atoms with Gasteiger partial charge >= 0.3 is 5.97 Å². The number of hydrogen-bond donors (Lipinski definition) is 0. The maximum absolute atomic E-state index is 12.3. The normalized spacial score (nSPS) is 14.5. The maximum atomic E-state index is 12.3. The number of fused-ring (bicyclic) bond motifs is 1. The number of rotatable bonds is 3. The summed E-state index contributed by atoms with van der Waals surface area (Å²) >= 11 is 1.30. The van der Waals surface area contributed by atoms with E-state index < -0.39 is 5.97 Å². The lowest BCUT2D eigenvalue weighted by atomic mass is 10.1. The quantitative estimate of drug-likeness (QED) is 0.407. The predicted molar refractivity (Wildman–Crippen MR) is 87.4 cm³/mol. The summed E-state index contributed by atoms with van der Waals surface area (Å²) in [5.41, 5.74) is 0.420. The lowest BCUT2D eigenvalue weighted by Gasteiger charge is -2.04. The van der Waals surface area contributed by atoms with E-state index in [9.17, 15) is 9.59 Å². The molecule has 5 nitrogen and oxygen atoms in total. The van der Waals surface area contributed by atoms with Crippen molar-refractivity contribution in [1.82, 2.24) is 0 Å². The molecule has 1 aliphatic rings. The summed E-state index contributed by atoms with van der Waals surface area (Å²) in [7, 11) is 0. The van der Waals surface area contributed by atoms with Crippen LogP contribution in [0.25, 0.3) is 6.08 Å². The molecule has 0 radical (unpaired) electrons. The molecule has 0 bridgehead atoms. The Morgan fingerprint density at radius 2 is 2.08 bits per heavy atom. The number of furan rings is 1. The number of benzene rings is 1. The van der Waals surface area contributed by atoms with Crippen LogP contribution in [0.15, 0.2) is 64.3 Å². The van der Waals surface area contributed by atoms with Crippen molar-refractivity contribution in [2.75, 3.05) is 0 Å². The van der Waals surface area contributed by atoms with Crippen LogP contribution in [0.3, 0.4) is 0 Å². The van der Waals surface area contributed by atoms with Crippen molar-refractivity contribution in [2.45, 2.75) is 0 Å². The van der Waals surface area contributed by atoms with Gasteiger partial charge in [-0.05, 0) is 35.7 Å². The highest BCUT2D eigenvalue weighted by Gasteiger charge is 2.28. The summed E-state index contributed by atoms with van der Waals surface area (Å²) in [6.07, 6.45) is 3.04. The monoisotopic (exact) mass is 338 g/mol. The van der Waals surface area contributed by atoms with Crippen molar-refractivity contribution in [1.29, 1.82) is 0 Å². The van der Waals surface area contributed by atoms with Crippen LogP contribution >= 0.6 is 11.3 Å². The topological polar surface area (TPSA) is 65.7 Å². The molecule has 4 rings (SSSR count). The molecule has 1 aliphatic heterocycles. The Bertz CT molecular complexity index is 936. The Morgan fingerprint density at radius 1 is 1.17 bits per heavy atom. The van der Waals surface area contributed by atoms with Crippen molar-refractivity contribution in [2.24, 2.45) is 0 Å². The second kappa shape index (κ2) is 5.82. The van der Waals surface area contributed by atoms with Crippen molar-refractivity contribution in [3.63, 3.8) is 0 Å². The van der Waals surface area contributed by atoms with Gasteiger partial charge in [0.2, 0.25) is 5.78 Å². The van der Waals surface area contributed by atoms with E-state index in [2.05, 4.69) is 0 Å². The summed E-state index contributed by atoms with van der Waals surface area (Å²) in [5.74, 6) is 0.684. The average Bonchev–Trinajstić information content (AvgIpc) is 3.31. The molecular weight excluding hydrogens is 328 g/mol. The second-order valence-corrected chi connectivity index (χ2v) is 5.93. The highest BCUT2D eigenvalue weighted by molar-refractivity contribution is 7.12. The Morgan fingerprint density at radius 3 is 2.83 bits per heavy atom. The van der Waals surface area contributed by atoms with Gasteiger partial charge in [0.1, 0.15) is 22.1 Å². The van der Waals surface area contributed by atoms with Crippen LogP contribution in [0, 0.1) is 0 Å². The summed E-state index contributed by atoms with van der Waals surface area (Å²) in [6.45, 7) is 0. The fourth-order valence-corrected chi connectivity index (χ4v) is 2.88. The third kappa shape index (κ3) is 2.63. The fraction of sp³-hybridized carbons (Fsp3) is 0. The highest BCUT2D eigenvalue weighted by Crippen LogP contribution is 2.35. The fourth-order valence-electron chi connectivity index (χ4n) is 2.29. The van der Waals surface area contributed by atoms with E-state index in [0.717, 1.165) is 0 Å². The molecule has 3 aromatic rings. The standard InChI is InChI=1S/C18H10O5S/c19-17-13-6-5-12(22-18(20)16-4-2-8-24-16)10-14(13)23-15(17)9-11-3-1-7-21-11/h1-10H/b15-9+. The summed E-state index contributed by atoms with van der Waals surface area (Å²) < 4.78 is 16.1. The lowest BCUT2D eigenvalue weighted by Crippen LogP contribution is -2.06. The number of hydrogen-bond acceptors (Lipinski definition) is 6. The van der Waals surface area contributed by atoms with Crippen molar-refractivity contribution in [3.05, 3.63) is 76.1 Å². The molecule has 0 spiro atoms. The van der Waals surface area contributed by atoms with E-state index in [-0.39, 0.29) is 11.5 Å². The van der Waals surface area contributed by atoms with Gasteiger partial charge in [0.15, 0.2) is 5.76 Å². The molecule has 0 aliphatic carbocycles. The lowest BCUT2D eigenvalue weighted by molar-refractivity contribution is 0.0739. The Kier molecular flexibility index (Phi) is 3.51. The molecule has 0 fully saturated rings. The number of esters is 1. The number of Topliss-reactive ketones (excluding diaryl/α,β-unsaturated/α-hetero) is 1. The second-order valence-electron chi connectivity index (χ2n) is 4.98. The SMILES string of the molecule is O=C(Oc1ccc2c(c1)O/C(=C/c1ccco1)C2=O)c1cccs1. The minimum absolute atomic E-state index is 0.168. The molecule has 1 aromatic carbocycles. The minimum Gasteiger partial charge on any atom is -0.465 e. The van der Waals surface area contributed by atoms with Crippen LogP contribution < -0.4 is 9.47 Å². The number of ketones is 1. The van der Waals surface area contributed by atoms with E-state index >= 15 is 0 Å². The van der Waals surface area contributed by atoms with Gasteiger partial charge in [0.25, 0.3) is 0 Å². The number of thiophene rings is 1. The molecule has 6 heteroatoms. The van der Waals surface area contributed by atoms with Crippen molar-refractivity contribution < 1.29 is 23.5 Å². The molecule has 3 heterocycles. The van der Waals surface area contributed by atoms with Gasteiger partial charge in [0, 0.05) is 12.1 Å². The number of carbonyl (C=O) groups excluding carboxylic acids is 2. The maximum Gasteiger partial charge on any atom is 0.353 e. The zero-order valence-electron chi connectivity index (χ0n) is 12.2. The van der Waals surface area contributed by atoms with Crippen molar-refractivity contribution >= 4 is 29.2 Å². The number of ether oxygens (including phenoxy) is 2. The van der Waals surface area contributed by atoms with Gasteiger partial charge in [-0.2, -0.15) is 0 Å². The molecule has 0 atom stereocenters. The molecule has 0 N–H and O–H groups in total. The van der Waals surface area contributed by atoms with Gasteiger partial charge in [-0.15, -0.1) is 11.3 Å². The van der Waals surface area contributed by atoms with E-state index in [4.69, 9.17) is 13.9 Å². The van der Waals surface area contributed by atoms with E-state index in [1.54, 1.807) is 41.8 Å². The van der Waals surface area contributed by atoms with Crippen LogP contribution in [0.2, 0.25) is 0 Å². The first-order chi connectivity index (χ1) is 11.7. The first-order valence-corrected chi connectivity index (χ1v) is 7.96. The predicted octanol–water partition coefficient (Wildman–Crippen LogP) is 4.18. The Balaban J connectivity index is 1.58. The molecule has 0 amide bonds. The van der Waals surface area contributed by atoms with E-state index in [0.29, 0.717) is 27.7 Å². The molecule has 0 saturated carbocycles. The zero-order valence-corrected chi connectivity index (χ0v) is 13.0. The number of carbonyl (C=O) groups is 2. The van der Waals surface area contributed by atoms with Gasteiger partial charge in [0.05, 0.1) is 11.8 Å². The summed E-state index contributed by atoms with van der Waals surface area (Å²) in [6, 6.07) is 11.6. The average molecular weight is 338 g/mol. The van der Waals surface area contributed by atoms with Crippen LogP contribution in [-0.2, 0) is 0 Å². The molecule has 0 unspecified atom stereocenters.